The van der Waals surface area contributed by atoms with Crippen LogP contribution in [0.5, 0.6) is 0 Å². The summed E-state index contributed by atoms with van der Waals surface area (Å²) in [6, 6.07) is 14.9. The monoisotopic (exact) mass is 487 g/mol. The van der Waals surface area contributed by atoms with Crippen molar-refractivity contribution < 1.29 is 24.0 Å². The zero-order valence-corrected chi connectivity index (χ0v) is 20.1. The van der Waals surface area contributed by atoms with Crippen molar-refractivity contribution in [3.63, 3.8) is 0 Å². The molecule has 2 aromatic carbocycles. The first-order valence-electron chi connectivity index (χ1n) is 11.1. The molecule has 1 aliphatic rings. The number of nitriles is 1. The minimum absolute atomic E-state index is 0.0836. The summed E-state index contributed by atoms with van der Waals surface area (Å²) in [4.78, 5) is 36.7. The van der Waals surface area contributed by atoms with E-state index in [1.54, 1.807) is 32.0 Å². The summed E-state index contributed by atoms with van der Waals surface area (Å²) in [5.74, 6) is -2.20. The second-order valence-corrected chi connectivity index (χ2v) is 8.04. The van der Waals surface area contributed by atoms with E-state index in [1.165, 1.54) is 25.3 Å². The maximum Gasteiger partial charge on any atom is 0.336 e. The van der Waals surface area contributed by atoms with Gasteiger partial charge in [0.05, 0.1) is 47.3 Å². The van der Waals surface area contributed by atoms with Crippen molar-refractivity contribution in [3.8, 4) is 6.07 Å². The Labute approximate surface area is 208 Å². The second kappa shape index (κ2) is 11.6. The molecule has 3 rings (SSSR count). The van der Waals surface area contributed by atoms with Crippen LogP contribution in [0.15, 0.2) is 77.1 Å². The molecule has 0 saturated heterocycles. The standard InChI is InChI=1S/C27H25N3O6/c1-17-23(26(31)35-3)25(21-8-6-9-22(15-21)30(33)34)24(18(2)29-17)27(32)36-14-5-4-7-19-10-12-20(16-28)13-11-19/h4,6-13,15,25,29H,5,14H2,1-3H3. The highest BCUT2D eigenvalue weighted by Gasteiger charge is 2.38. The van der Waals surface area contributed by atoms with Gasteiger partial charge in [-0.15, -0.1) is 0 Å². The number of dihydropyridines is 1. The first kappa shape index (κ1) is 25.9. The van der Waals surface area contributed by atoms with Crippen LogP contribution in [0.4, 0.5) is 5.69 Å². The number of nitrogens with zero attached hydrogens (tertiary/aromatic N) is 2. The van der Waals surface area contributed by atoms with Crippen LogP contribution in [-0.4, -0.2) is 30.6 Å². The zero-order valence-electron chi connectivity index (χ0n) is 20.1. The Balaban J connectivity index is 1.82. The Hall–Kier alpha value is -4.71. The zero-order chi connectivity index (χ0) is 26.2. The number of carbonyl (C=O) groups is 2. The number of ether oxygens (including phenoxy) is 2. The van der Waals surface area contributed by atoms with Crippen LogP contribution in [0.3, 0.4) is 0 Å². The summed E-state index contributed by atoms with van der Waals surface area (Å²) in [6.07, 6.45) is 4.14. The van der Waals surface area contributed by atoms with Crippen LogP contribution in [0.2, 0.25) is 0 Å². The van der Waals surface area contributed by atoms with Gasteiger partial charge < -0.3 is 14.8 Å². The third-order valence-electron chi connectivity index (χ3n) is 5.67. The Morgan fingerprint density at radius 1 is 1.11 bits per heavy atom. The lowest BCUT2D eigenvalue weighted by Crippen LogP contribution is -2.32. The fraction of sp³-hybridized carbons (Fsp3) is 0.222. The van der Waals surface area contributed by atoms with Gasteiger partial charge in [-0.2, -0.15) is 5.26 Å². The minimum Gasteiger partial charge on any atom is -0.466 e. The first-order chi connectivity index (χ1) is 17.3. The lowest BCUT2D eigenvalue weighted by Gasteiger charge is -2.30. The molecular weight excluding hydrogens is 462 g/mol. The number of hydrogen-bond donors (Lipinski definition) is 1. The lowest BCUT2D eigenvalue weighted by molar-refractivity contribution is -0.384. The summed E-state index contributed by atoms with van der Waals surface area (Å²) in [5, 5.41) is 23.3. The summed E-state index contributed by atoms with van der Waals surface area (Å²) in [5.41, 5.74) is 3.04. The van der Waals surface area contributed by atoms with Crippen molar-refractivity contribution >= 4 is 23.7 Å². The van der Waals surface area contributed by atoms with Crippen LogP contribution >= 0.6 is 0 Å². The summed E-state index contributed by atoms with van der Waals surface area (Å²) < 4.78 is 10.5. The van der Waals surface area contributed by atoms with Gasteiger partial charge in [-0.1, -0.05) is 36.4 Å². The van der Waals surface area contributed by atoms with Gasteiger partial charge in [0.15, 0.2) is 0 Å². The Morgan fingerprint density at radius 2 is 1.78 bits per heavy atom. The molecule has 2 aromatic rings. The maximum atomic E-state index is 13.2. The van der Waals surface area contributed by atoms with E-state index in [-0.39, 0.29) is 23.4 Å². The second-order valence-electron chi connectivity index (χ2n) is 8.04. The van der Waals surface area contributed by atoms with Gasteiger partial charge in [0.2, 0.25) is 0 Å². The van der Waals surface area contributed by atoms with Gasteiger partial charge in [0, 0.05) is 23.5 Å². The summed E-state index contributed by atoms with van der Waals surface area (Å²) >= 11 is 0. The average molecular weight is 488 g/mol. The summed E-state index contributed by atoms with van der Waals surface area (Å²) in [6.45, 7) is 3.44. The SMILES string of the molecule is COC(=O)C1=C(C)NC(C)=C(C(=O)OCCC=Cc2ccc(C#N)cc2)C1c1cccc([N+](=O)[O-])c1. The molecule has 184 valence electrons. The van der Waals surface area contributed by atoms with Gasteiger partial charge in [-0.25, -0.2) is 9.59 Å². The van der Waals surface area contributed by atoms with Gasteiger partial charge >= 0.3 is 11.9 Å². The molecule has 36 heavy (non-hydrogen) atoms. The third kappa shape index (κ3) is 5.85. The fourth-order valence-corrected chi connectivity index (χ4v) is 3.98. The normalized spacial score (nSPS) is 15.3. The Kier molecular flexibility index (Phi) is 8.36. The van der Waals surface area contributed by atoms with Crippen molar-refractivity contribution in [3.05, 3.63) is 104 Å². The number of benzene rings is 2. The highest BCUT2D eigenvalue weighted by Crippen LogP contribution is 2.40. The smallest absolute Gasteiger partial charge is 0.336 e. The molecule has 0 aliphatic carbocycles. The van der Waals surface area contributed by atoms with E-state index in [0.29, 0.717) is 28.9 Å². The van der Waals surface area contributed by atoms with E-state index in [4.69, 9.17) is 14.7 Å². The number of nitro benzene ring substituents is 1. The van der Waals surface area contributed by atoms with Crippen LogP contribution in [0.25, 0.3) is 6.08 Å². The Morgan fingerprint density at radius 3 is 2.39 bits per heavy atom. The van der Waals surface area contributed by atoms with E-state index in [9.17, 15) is 19.7 Å². The molecule has 0 bridgehead atoms. The summed E-state index contributed by atoms with van der Waals surface area (Å²) in [7, 11) is 1.23. The number of esters is 2. The van der Waals surface area contributed by atoms with Gasteiger partial charge in [0.1, 0.15) is 0 Å². The third-order valence-corrected chi connectivity index (χ3v) is 5.67. The van der Waals surface area contributed by atoms with Crippen LogP contribution < -0.4 is 5.32 Å². The first-order valence-corrected chi connectivity index (χ1v) is 11.1. The van der Waals surface area contributed by atoms with Crippen molar-refractivity contribution in [1.29, 1.82) is 5.26 Å². The molecule has 1 atom stereocenters. The molecule has 0 spiro atoms. The van der Waals surface area contributed by atoms with Gasteiger partial charge in [0.25, 0.3) is 5.69 Å². The fourth-order valence-electron chi connectivity index (χ4n) is 3.98. The number of rotatable bonds is 8. The molecule has 0 amide bonds. The molecule has 1 aliphatic heterocycles. The molecule has 9 nitrogen and oxygen atoms in total. The molecule has 0 aromatic heterocycles. The van der Waals surface area contributed by atoms with E-state index < -0.39 is 22.8 Å². The maximum absolute atomic E-state index is 13.2. The molecule has 9 heteroatoms. The minimum atomic E-state index is -0.903. The topological polar surface area (TPSA) is 132 Å². The number of non-ortho nitro benzene ring substituents is 1. The molecule has 1 N–H and O–H groups in total. The van der Waals surface area contributed by atoms with Crippen LogP contribution in [0, 0.1) is 21.4 Å². The van der Waals surface area contributed by atoms with Crippen molar-refractivity contribution in [2.45, 2.75) is 26.2 Å². The number of hydrogen-bond acceptors (Lipinski definition) is 8. The largest absolute Gasteiger partial charge is 0.466 e. The van der Waals surface area contributed by atoms with Crippen LogP contribution in [0.1, 0.15) is 42.9 Å². The van der Waals surface area contributed by atoms with E-state index in [2.05, 4.69) is 11.4 Å². The molecule has 0 saturated carbocycles. The predicted octanol–water partition coefficient (Wildman–Crippen LogP) is 4.52. The highest BCUT2D eigenvalue weighted by molar-refractivity contribution is 5.99. The molecule has 0 radical (unpaired) electrons. The van der Waals surface area contributed by atoms with Crippen molar-refractivity contribution in [2.75, 3.05) is 13.7 Å². The average Bonchev–Trinajstić information content (AvgIpc) is 2.87. The quantitative estimate of drug-likeness (QED) is 0.249. The number of methoxy groups -OCH3 is 1. The number of carbonyl (C=O) groups excluding carboxylic acids is 2. The number of nitro groups is 1. The Bertz CT molecular complexity index is 1320. The highest BCUT2D eigenvalue weighted by atomic mass is 16.6. The number of nitrogens with one attached hydrogen (secondary N) is 1. The van der Waals surface area contributed by atoms with Gasteiger partial charge in [-0.3, -0.25) is 10.1 Å². The molecule has 1 heterocycles. The molecule has 1 unspecified atom stereocenters. The molecule has 0 fully saturated rings. The van der Waals surface area contributed by atoms with Crippen molar-refractivity contribution in [1.82, 2.24) is 5.32 Å². The van der Waals surface area contributed by atoms with Crippen LogP contribution in [-0.2, 0) is 19.1 Å². The number of allylic oxidation sites excluding steroid dienone is 2. The van der Waals surface area contributed by atoms with E-state index in [1.807, 2.05) is 24.3 Å². The van der Waals surface area contributed by atoms with E-state index in [0.717, 1.165) is 5.56 Å². The van der Waals surface area contributed by atoms with Crippen molar-refractivity contribution in [2.24, 2.45) is 0 Å². The molecular formula is C27H25N3O6. The van der Waals surface area contributed by atoms with E-state index >= 15 is 0 Å². The predicted molar refractivity (Wildman–Crippen MR) is 132 cm³/mol. The lowest BCUT2D eigenvalue weighted by atomic mass is 9.80. The van der Waals surface area contributed by atoms with Gasteiger partial charge in [-0.05, 0) is 43.5 Å².